The van der Waals surface area contributed by atoms with Crippen LogP contribution in [0.2, 0.25) is 0 Å². The van der Waals surface area contributed by atoms with Gasteiger partial charge in [0.1, 0.15) is 0 Å². The number of carbonyl (C=O) groups excluding carboxylic acids is 1. The third kappa shape index (κ3) is 6.43. The molecular formula is C14H17BrN2O. The number of anilines is 1. The van der Waals surface area contributed by atoms with Crippen LogP contribution in [0.25, 0.3) is 0 Å². The molecule has 18 heavy (non-hydrogen) atoms. The van der Waals surface area contributed by atoms with Crippen LogP contribution in [0.15, 0.2) is 28.7 Å². The minimum Gasteiger partial charge on any atom is -0.325 e. The third-order valence-corrected chi connectivity index (χ3v) is 2.87. The van der Waals surface area contributed by atoms with Gasteiger partial charge in [-0.25, -0.2) is 0 Å². The van der Waals surface area contributed by atoms with Crippen molar-refractivity contribution in [1.82, 2.24) is 5.32 Å². The Bertz CT molecular complexity index is 409. The van der Waals surface area contributed by atoms with E-state index >= 15 is 0 Å². The summed E-state index contributed by atoms with van der Waals surface area (Å²) in [5.74, 6) is 2.56. The average molecular weight is 309 g/mol. The van der Waals surface area contributed by atoms with Crippen molar-refractivity contribution in [2.45, 2.75) is 19.3 Å². The molecule has 1 rings (SSSR count). The summed E-state index contributed by atoms with van der Waals surface area (Å²) in [6.07, 6.45) is 7.94. The molecule has 0 bridgehead atoms. The van der Waals surface area contributed by atoms with E-state index < -0.39 is 0 Å². The molecule has 0 heterocycles. The molecule has 0 saturated carbocycles. The number of halogens is 1. The molecule has 0 atom stereocenters. The standard InChI is InChI=1S/C14H17BrN2O/c1-2-3-4-5-10-16-11-14(18)17-13-8-6-12(15)7-9-13/h1,6-9,16H,3-5,10-11H2,(H,17,18). The van der Waals surface area contributed by atoms with Crippen molar-refractivity contribution >= 4 is 27.5 Å². The van der Waals surface area contributed by atoms with Crippen molar-refractivity contribution in [1.29, 1.82) is 0 Å². The Morgan fingerprint density at radius 2 is 2.00 bits per heavy atom. The van der Waals surface area contributed by atoms with Crippen molar-refractivity contribution in [2.75, 3.05) is 18.4 Å². The van der Waals surface area contributed by atoms with Gasteiger partial charge in [0.05, 0.1) is 6.54 Å². The van der Waals surface area contributed by atoms with Crippen molar-refractivity contribution in [3.05, 3.63) is 28.7 Å². The highest BCUT2D eigenvalue weighted by molar-refractivity contribution is 9.10. The van der Waals surface area contributed by atoms with Crippen LogP contribution in [0.4, 0.5) is 5.69 Å². The van der Waals surface area contributed by atoms with Crippen LogP contribution in [0.1, 0.15) is 19.3 Å². The van der Waals surface area contributed by atoms with Crippen LogP contribution >= 0.6 is 15.9 Å². The number of hydrogen-bond donors (Lipinski definition) is 2. The van der Waals surface area contributed by atoms with Gasteiger partial charge >= 0.3 is 0 Å². The van der Waals surface area contributed by atoms with Crippen LogP contribution in [0.3, 0.4) is 0 Å². The summed E-state index contributed by atoms with van der Waals surface area (Å²) >= 11 is 3.34. The monoisotopic (exact) mass is 308 g/mol. The van der Waals surface area contributed by atoms with Gasteiger partial charge in [0.15, 0.2) is 0 Å². The van der Waals surface area contributed by atoms with E-state index in [2.05, 4.69) is 32.5 Å². The maximum atomic E-state index is 11.6. The van der Waals surface area contributed by atoms with Gasteiger partial charge in [-0.1, -0.05) is 15.9 Å². The molecule has 0 spiro atoms. The minimum absolute atomic E-state index is 0.0331. The molecule has 96 valence electrons. The minimum atomic E-state index is -0.0331. The van der Waals surface area contributed by atoms with E-state index in [-0.39, 0.29) is 5.91 Å². The molecule has 1 aromatic carbocycles. The SMILES string of the molecule is C#CCCCCNCC(=O)Nc1ccc(Br)cc1. The predicted octanol–water partition coefficient (Wildman–Crippen LogP) is 2.78. The van der Waals surface area contributed by atoms with Crippen LogP contribution in [0.5, 0.6) is 0 Å². The Morgan fingerprint density at radius 3 is 2.67 bits per heavy atom. The highest BCUT2D eigenvalue weighted by Crippen LogP contribution is 2.13. The molecule has 0 unspecified atom stereocenters. The predicted molar refractivity (Wildman–Crippen MR) is 78.3 cm³/mol. The number of terminal acetylenes is 1. The molecule has 0 fully saturated rings. The Morgan fingerprint density at radius 1 is 1.28 bits per heavy atom. The summed E-state index contributed by atoms with van der Waals surface area (Å²) in [5.41, 5.74) is 0.803. The molecule has 0 radical (unpaired) electrons. The van der Waals surface area contributed by atoms with Gasteiger partial charge in [-0.2, -0.15) is 0 Å². The second kappa shape index (κ2) is 8.73. The number of benzene rings is 1. The van der Waals surface area contributed by atoms with Gasteiger partial charge in [-0.15, -0.1) is 12.3 Å². The maximum absolute atomic E-state index is 11.6. The highest BCUT2D eigenvalue weighted by atomic mass is 79.9. The van der Waals surface area contributed by atoms with E-state index in [0.717, 1.165) is 36.0 Å². The maximum Gasteiger partial charge on any atom is 0.238 e. The number of carbonyl (C=O) groups is 1. The lowest BCUT2D eigenvalue weighted by Crippen LogP contribution is -2.28. The number of hydrogen-bond acceptors (Lipinski definition) is 2. The molecule has 1 aromatic rings. The van der Waals surface area contributed by atoms with Crippen molar-refractivity contribution < 1.29 is 4.79 Å². The lowest BCUT2D eigenvalue weighted by molar-refractivity contribution is -0.115. The van der Waals surface area contributed by atoms with E-state index in [9.17, 15) is 4.79 Å². The summed E-state index contributed by atoms with van der Waals surface area (Å²) in [6.45, 7) is 1.14. The number of amides is 1. The fraction of sp³-hybridized carbons (Fsp3) is 0.357. The lowest BCUT2D eigenvalue weighted by atomic mass is 10.2. The summed E-state index contributed by atoms with van der Waals surface area (Å²) in [6, 6.07) is 7.50. The van der Waals surface area contributed by atoms with E-state index in [1.165, 1.54) is 0 Å². The normalized spacial score (nSPS) is 9.78. The van der Waals surface area contributed by atoms with Gasteiger partial charge in [0.25, 0.3) is 0 Å². The topological polar surface area (TPSA) is 41.1 Å². The smallest absolute Gasteiger partial charge is 0.238 e. The van der Waals surface area contributed by atoms with Crippen LogP contribution in [-0.2, 0) is 4.79 Å². The van der Waals surface area contributed by atoms with Gasteiger partial charge in [-0.05, 0) is 43.7 Å². The number of nitrogens with one attached hydrogen (secondary N) is 2. The fourth-order valence-electron chi connectivity index (χ4n) is 1.42. The van der Waals surface area contributed by atoms with Gasteiger partial charge in [0.2, 0.25) is 5.91 Å². The first-order valence-electron chi connectivity index (χ1n) is 5.92. The molecule has 0 aliphatic carbocycles. The Labute approximate surface area is 116 Å². The Hall–Kier alpha value is -1.31. The molecule has 3 nitrogen and oxygen atoms in total. The van der Waals surface area contributed by atoms with Crippen molar-refractivity contribution in [2.24, 2.45) is 0 Å². The second-order valence-electron chi connectivity index (χ2n) is 3.89. The molecule has 1 amide bonds. The molecule has 4 heteroatoms. The average Bonchev–Trinajstić information content (AvgIpc) is 2.36. The van der Waals surface area contributed by atoms with Gasteiger partial charge in [-0.3, -0.25) is 4.79 Å². The third-order valence-electron chi connectivity index (χ3n) is 2.34. The zero-order valence-electron chi connectivity index (χ0n) is 10.2. The van der Waals surface area contributed by atoms with Crippen LogP contribution in [0, 0.1) is 12.3 Å². The Balaban J connectivity index is 2.14. The Kier molecular flexibility index (Phi) is 7.16. The summed E-state index contributed by atoms with van der Waals surface area (Å²) in [7, 11) is 0. The molecule has 0 aliphatic rings. The van der Waals surface area contributed by atoms with E-state index in [0.29, 0.717) is 6.54 Å². The van der Waals surface area contributed by atoms with E-state index in [1.807, 2.05) is 24.3 Å². The summed E-state index contributed by atoms with van der Waals surface area (Å²) in [4.78, 5) is 11.6. The first-order valence-corrected chi connectivity index (χ1v) is 6.71. The molecular weight excluding hydrogens is 292 g/mol. The second-order valence-corrected chi connectivity index (χ2v) is 4.81. The van der Waals surface area contributed by atoms with Gasteiger partial charge < -0.3 is 10.6 Å². The van der Waals surface area contributed by atoms with Crippen molar-refractivity contribution in [3.63, 3.8) is 0 Å². The fourth-order valence-corrected chi connectivity index (χ4v) is 1.68. The zero-order chi connectivity index (χ0) is 13.2. The number of rotatable bonds is 7. The number of unbranched alkanes of at least 4 members (excludes halogenated alkanes) is 2. The summed E-state index contributed by atoms with van der Waals surface area (Å²) in [5, 5.41) is 5.90. The van der Waals surface area contributed by atoms with Crippen molar-refractivity contribution in [3.8, 4) is 12.3 Å². The van der Waals surface area contributed by atoms with Crippen LogP contribution < -0.4 is 10.6 Å². The van der Waals surface area contributed by atoms with Gasteiger partial charge in [0, 0.05) is 16.6 Å². The molecule has 2 N–H and O–H groups in total. The molecule has 0 saturated heterocycles. The van der Waals surface area contributed by atoms with Crippen LogP contribution in [-0.4, -0.2) is 19.0 Å². The first kappa shape index (κ1) is 14.7. The van der Waals surface area contributed by atoms with E-state index in [4.69, 9.17) is 6.42 Å². The molecule has 0 aromatic heterocycles. The molecule has 0 aliphatic heterocycles. The quantitative estimate of drug-likeness (QED) is 0.601. The van der Waals surface area contributed by atoms with E-state index in [1.54, 1.807) is 0 Å². The highest BCUT2D eigenvalue weighted by Gasteiger charge is 2.01. The lowest BCUT2D eigenvalue weighted by Gasteiger charge is -2.06. The summed E-state index contributed by atoms with van der Waals surface area (Å²) < 4.78 is 0.993. The first-order chi connectivity index (χ1) is 8.72. The zero-order valence-corrected chi connectivity index (χ0v) is 11.8. The largest absolute Gasteiger partial charge is 0.325 e.